The molecule has 1 aliphatic rings. The van der Waals surface area contributed by atoms with Gasteiger partial charge in [0.15, 0.2) is 0 Å². The van der Waals surface area contributed by atoms with Crippen molar-refractivity contribution in [1.82, 2.24) is 4.90 Å². The molecule has 20 heavy (non-hydrogen) atoms. The van der Waals surface area contributed by atoms with Crippen LogP contribution in [0.15, 0.2) is 0 Å². The third kappa shape index (κ3) is 4.23. The van der Waals surface area contributed by atoms with Crippen molar-refractivity contribution in [3.63, 3.8) is 0 Å². The van der Waals surface area contributed by atoms with Gasteiger partial charge in [-0.25, -0.2) is 0 Å². The molecule has 6 heteroatoms. The molecule has 114 valence electrons. The van der Waals surface area contributed by atoms with Crippen LogP contribution in [0.5, 0.6) is 0 Å². The van der Waals surface area contributed by atoms with E-state index in [2.05, 4.69) is 0 Å². The Bertz CT molecular complexity index is 396. The smallest absolute Gasteiger partial charge is 0.234 e. The number of rotatable bonds is 8. The average molecular weight is 300 g/mol. The molecule has 0 aromatic rings. The van der Waals surface area contributed by atoms with Gasteiger partial charge in [0, 0.05) is 24.1 Å². The van der Waals surface area contributed by atoms with Crippen molar-refractivity contribution in [2.75, 3.05) is 12.8 Å². The quantitative estimate of drug-likeness (QED) is 0.545. The van der Waals surface area contributed by atoms with E-state index in [4.69, 9.17) is 5.73 Å². The van der Waals surface area contributed by atoms with Crippen LogP contribution in [-0.4, -0.2) is 40.2 Å². The zero-order valence-corrected chi connectivity index (χ0v) is 13.3. The van der Waals surface area contributed by atoms with Gasteiger partial charge in [0.25, 0.3) is 0 Å². The van der Waals surface area contributed by atoms with Gasteiger partial charge < -0.3 is 5.73 Å². The predicted octanol–water partition coefficient (Wildman–Crippen LogP) is 1.55. The number of imide groups is 1. The van der Waals surface area contributed by atoms with Crippen molar-refractivity contribution in [2.24, 2.45) is 11.7 Å². The summed E-state index contributed by atoms with van der Waals surface area (Å²) in [4.78, 5) is 36.3. The van der Waals surface area contributed by atoms with E-state index in [1.54, 1.807) is 11.8 Å². The Hall–Kier alpha value is -1.04. The Balaban J connectivity index is 2.45. The molecule has 2 N–H and O–H groups in total. The van der Waals surface area contributed by atoms with Gasteiger partial charge in [0.05, 0.1) is 5.92 Å². The van der Waals surface area contributed by atoms with Gasteiger partial charge in [-0.3, -0.25) is 19.3 Å². The number of primary amides is 1. The van der Waals surface area contributed by atoms with Crippen molar-refractivity contribution in [2.45, 2.75) is 50.7 Å². The molecule has 1 unspecified atom stereocenters. The van der Waals surface area contributed by atoms with Crippen molar-refractivity contribution in [3.05, 3.63) is 0 Å². The summed E-state index contributed by atoms with van der Waals surface area (Å²) < 4.78 is -0.215. The Morgan fingerprint density at radius 2 is 2.00 bits per heavy atom. The minimum Gasteiger partial charge on any atom is -0.370 e. The van der Waals surface area contributed by atoms with E-state index < -0.39 is 0 Å². The number of nitrogens with zero attached hydrogens (tertiary/aromatic N) is 1. The zero-order chi connectivity index (χ0) is 15.3. The molecule has 1 aliphatic heterocycles. The molecule has 3 amide bonds. The molecular formula is C14H24N2O3S. The monoisotopic (exact) mass is 300 g/mol. The molecule has 1 rings (SSSR count). The highest BCUT2D eigenvalue weighted by Crippen LogP contribution is 2.37. The molecule has 0 spiro atoms. The lowest BCUT2D eigenvalue weighted by atomic mass is 9.93. The molecule has 0 saturated carbocycles. The first kappa shape index (κ1) is 17.0. The number of likely N-dealkylation sites (tertiary alicyclic amines) is 1. The molecule has 0 aromatic carbocycles. The summed E-state index contributed by atoms with van der Waals surface area (Å²) in [6.07, 6.45) is 4.89. The number of amides is 3. The van der Waals surface area contributed by atoms with Gasteiger partial charge in [-0.2, -0.15) is 11.8 Å². The van der Waals surface area contributed by atoms with Crippen LogP contribution < -0.4 is 5.73 Å². The van der Waals surface area contributed by atoms with Crippen LogP contribution in [0.3, 0.4) is 0 Å². The first-order chi connectivity index (χ1) is 9.29. The maximum Gasteiger partial charge on any atom is 0.234 e. The van der Waals surface area contributed by atoms with Gasteiger partial charge in [0.2, 0.25) is 17.7 Å². The first-order valence-electron chi connectivity index (χ1n) is 6.97. The molecule has 1 atom stereocenters. The first-order valence-corrected chi connectivity index (χ1v) is 8.19. The standard InChI is InChI=1S/C14H24N2O3S/c1-14(2,20-3)10-9-12(18)16(13(10)19)8-6-4-5-7-11(15)17/h10H,4-9H2,1-3H3,(H2,15,17). The Kier molecular flexibility index (Phi) is 6.05. The number of carbonyl (C=O) groups excluding carboxylic acids is 3. The van der Waals surface area contributed by atoms with Gasteiger partial charge >= 0.3 is 0 Å². The largest absolute Gasteiger partial charge is 0.370 e. The maximum absolute atomic E-state index is 12.3. The number of hydrogen-bond acceptors (Lipinski definition) is 4. The van der Waals surface area contributed by atoms with Crippen LogP contribution >= 0.6 is 11.8 Å². The fourth-order valence-electron chi connectivity index (χ4n) is 2.35. The lowest BCUT2D eigenvalue weighted by molar-refractivity contribution is -0.139. The van der Waals surface area contributed by atoms with Crippen molar-refractivity contribution in [1.29, 1.82) is 0 Å². The normalized spacial score (nSPS) is 19.8. The lowest BCUT2D eigenvalue weighted by Gasteiger charge is -2.27. The summed E-state index contributed by atoms with van der Waals surface area (Å²) in [7, 11) is 0. The molecule has 1 fully saturated rings. The summed E-state index contributed by atoms with van der Waals surface area (Å²) >= 11 is 1.62. The number of hydrogen-bond donors (Lipinski definition) is 1. The van der Waals surface area contributed by atoms with Crippen molar-refractivity contribution >= 4 is 29.5 Å². The summed E-state index contributed by atoms with van der Waals surface area (Å²) in [6, 6.07) is 0. The highest BCUT2D eigenvalue weighted by molar-refractivity contribution is 8.00. The van der Waals surface area contributed by atoms with E-state index in [-0.39, 0.29) is 28.4 Å². The van der Waals surface area contributed by atoms with E-state index >= 15 is 0 Å². The van der Waals surface area contributed by atoms with Gasteiger partial charge in [-0.15, -0.1) is 0 Å². The zero-order valence-electron chi connectivity index (χ0n) is 12.5. The highest BCUT2D eigenvalue weighted by Gasteiger charge is 2.45. The minimum absolute atomic E-state index is 0.0516. The summed E-state index contributed by atoms with van der Waals surface area (Å²) in [5.74, 6) is -0.656. The topological polar surface area (TPSA) is 80.5 Å². The second-order valence-electron chi connectivity index (χ2n) is 5.72. The molecule has 0 aromatic heterocycles. The number of carbonyl (C=O) groups is 3. The van der Waals surface area contributed by atoms with Crippen LogP contribution in [0.1, 0.15) is 46.0 Å². The Morgan fingerprint density at radius 3 is 2.55 bits per heavy atom. The third-order valence-corrected chi connectivity index (χ3v) is 5.25. The Labute approximate surface area is 124 Å². The Morgan fingerprint density at radius 1 is 1.35 bits per heavy atom. The van der Waals surface area contributed by atoms with Gasteiger partial charge in [0.1, 0.15) is 0 Å². The molecule has 1 heterocycles. The van der Waals surface area contributed by atoms with E-state index in [0.717, 1.165) is 12.8 Å². The summed E-state index contributed by atoms with van der Waals surface area (Å²) in [6.45, 7) is 4.46. The molecule has 1 saturated heterocycles. The van der Waals surface area contributed by atoms with Crippen molar-refractivity contribution in [3.8, 4) is 0 Å². The SMILES string of the molecule is CSC(C)(C)C1CC(=O)N(CCCCCC(N)=O)C1=O. The van der Waals surface area contributed by atoms with Gasteiger partial charge in [-0.1, -0.05) is 6.42 Å². The third-order valence-electron chi connectivity index (χ3n) is 3.91. The number of thioether (sulfide) groups is 1. The van der Waals surface area contributed by atoms with Crippen LogP contribution in [0.4, 0.5) is 0 Å². The minimum atomic E-state index is -0.305. The second-order valence-corrected chi connectivity index (χ2v) is 7.19. The summed E-state index contributed by atoms with van der Waals surface area (Å²) in [5, 5.41) is 0. The molecule has 5 nitrogen and oxygen atoms in total. The second kappa shape index (κ2) is 7.11. The maximum atomic E-state index is 12.3. The molecule has 0 radical (unpaired) electrons. The van der Waals surface area contributed by atoms with E-state index in [1.807, 2.05) is 20.1 Å². The lowest BCUT2D eigenvalue weighted by Crippen LogP contribution is -2.37. The van der Waals surface area contributed by atoms with E-state index in [0.29, 0.717) is 25.8 Å². The number of unbranched alkanes of at least 4 members (excludes halogenated alkanes) is 2. The predicted molar refractivity (Wildman–Crippen MR) is 80.1 cm³/mol. The molecular weight excluding hydrogens is 276 g/mol. The van der Waals surface area contributed by atoms with Crippen LogP contribution in [0.2, 0.25) is 0 Å². The molecule has 0 aliphatic carbocycles. The van der Waals surface area contributed by atoms with Crippen LogP contribution in [-0.2, 0) is 14.4 Å². The van der Waals surface area contributed by atoms with Crippen LogP contribution in [0.25, 0.3) is 0 Å². The fraction of sp³-hybridized carbons (Fsp3) is 0.786. The molecule has 0 bridgehead atoms. The van der Waals surface area contributed by atoms with Gasteiger partial charge in [-0.05, 0) is 32.9 Å². The van der Waals surface area contributed by atoms with Crippen molar-refractivity contribution < 1.29 is 14.4 Å². The highest BCUT2D eigenvalue weighted by atomic mass is 32.2. The summed E-state index contributed by atoms with van der Waals surface area (Å²) in [5.41, 5.74) is 5.06. The average Bonchev–Trinajstić information content (AvgIpc) is 2.66. The number of nitrogens with two attached hydrogens (primary N) is 1. The fourth-order valence-corrected chi connectivity index (χ4v) is 2.82. The van der Waals surface area contributed by atoms with E-state index in [9.17, 15) is 14.4 Å². The van der Waals surface area contributed by atoms with Crippen LogP contribution in [0, 0.1) is 5.92 Å². The van der Waals surface area contributed by atoms with E-state index in [1.165, 1.54) is 4.90 Å².